The van der Waals surface area contributed by atoms with E-state index in [4.69, 9.17) is 4.42 Å². The fourth-order valence-corrected chi connectivity index (χ4v) is 2.82. The number of aryl methyl sites for hydroxylation is 1. The van der Waals surface area contributed by atoms with Crippen molar-refractivity contribution in [2.45, 2.75) is 42.9 Å². The molecule has 4 nitrogen and oxygen atoms in total. The third-order valence-electron chi connectivity index (χ3n) is 2.86. The molecular formula is C12H19NO3S. The van der Waals surface area contributed by atoms with Gasteiger partial charge in [0.05, 0.1) is 6.26 Å². The number of furan rings is 1. The fourth-order valence-electron chi connectivity index (χ4n) is 1.63. The largest absolute Gasteiger partial charge is 0.480 e. The highest BCUT2D eigenvalue weighted by molar-refractivity contribution is 8.00. The van der Waals surface area contributed by atoms with Crippen molar-refractivity contribution in [3.05, 3.63) is 18.1 Å². The number of aliphatic carboxylic acids is 1. The molecule has 0 saturated heterocycles. The van der Waals surface area contributed by atoms with Gasteiger partial charge < -0.3 is 14.8 Å². The van der Waals surface area contributed by atoms with Crippen molar-refractivity contribution in [2.24, 2.45) is 0 Å². The van der Waals surface area contributed by atoms with E-state index in [0.717, 1.165) is 10.7 Å². The van der Waals surface area contributed by atoms with E-state index in [1.54, 1.807) is 32.0 Å². The van der Waals surface area contributed by atoms with E-state index in [9.17, 15) is 9.90 Å². The summed E-state index contributed by atoms with van der Waals surface area (Å²) in [5, 5.41) is 12.2. The molecule has 0 aliphatic heterocycles. The summed E-state index contributed by atoms with van der Waals surface area (Å²) >= 11 is 1.64. The summed E-state index contributed by atoms with van der Waals surface area (Å²) in [4.78, 5) is 12.2. The molecule has 0 saturated carbocycles. The summed E-state index contributed by atoms with van der Waals surface area (Å²) < 4.78 is 5.22. The van der Waals surface area contributed by atoms with Crippen molar-refractivity contribution in [1.82, 2.24) is 5.32 Å². The first-order valence-electron chi connectivity index (χ1n) is 5.52. The van der Waals surface area contributed by atoms with Gasteiger partial charge in [0, 0.05) is 10.1 Å². The van der Waals surface area contributed by atoms with Crippen LogP contribution in [0.4, 0.5) is 0 Å². The topological polar surface area (TPSA) is 62.5 Å². The van der Waals surface area contributed by atoms with Crippen LogP contribution in [0.5, 0.6) is 0 Å². The quantitative estimate of drug-likeness (QED) is 0.767. The highest BCUT2D eigenvalue weighted by Gasteiger charge is 2.33. The smallest absolute Gasteiger partial charge is 0.323 e. The van der Waals surface area contributed by atoms with Gasteiger partial charge in [-0.2, -0.15) is 0 Å². The zero-order valence-corrected chi connectivity index (χ0v) is 11.4. The van der Waals surface area contributed by atoms with Crippen LogP contribution >= 0.6 is 11.8 Å². The Kier molecular flexibility index (Phi) is 4.65. The first kappa shape index (κ1) is 14.1. The molecule has 0 radical (unpaired) electrons. The number of carboxylic acid groups (broad SMARTS) is 1. The highest BCUT2D eigenvalue weighted by atomic mass is 32.2. The molecule has 1 aromatic rings. The second kappa shape index (κ2) is 5.60. The Balaban J connectivity index is 2.63. The Labute approximate surface area is 106 Å². The van der Waals surface area contributed by atoms with E-state index in [2.05, 4.69) is 5.32 Å². The molecule has 2 atom stereocenters. The summed E-state index contributed by atoms with van der Waals surface area (Å²) in [6.45, 7) is 5.63. The van der Waals surface area contributed by atoms with Gasteiger partial charge >= 0.3 is 5.97 Å². The van der Waals surface area contributed by atoms with Crippen LogP contribution in [-0.4, -0.2) is 28.9 Å². The molecule has 0 aromatic carbocycles. The lowest BCUT2D eigenvalue weighted by molar-refractivity contribution is -0.144. The average Bonchev–Trinajstić information content (AvgIpc) is 2.63. The van der Waals surface area contributed by atoms with Gasteiger partial charge in [0.15, 0.2) is 0 Å². The molecule has 1 rings (SSSR count). The lowest BCUT2D eigenvalue weighted by atomic mass is 9.96. The summed E-state index contributed by atoms with van der Waals surface area (Å²) in [6.07, 6.45) is 2.20. The Morgan fingerprint density at radius 3 is 2.76 bits per heavy atom. The van der Waals surface area contributed by atoms with Gasteiger partial charge in [-0.1, -0.05) is 6.92 Å². The van der Waals surface area contributed by atoms with E-state index in [-0.39, 0.29) is 5.25 Å². The zero-order chi connectivity index (χ0) is 13.1. The molecule has 1 heterocycles. The number of thioether (sulfide) groups is 1. The van der Waals surface area contributed by atoms with Crippen LogP contribution in [0.2, 0.25) is 0 Å². The number of carboxylic acids is 1. The first-order chi connectivity index (χ1) is 7.89. The summed E-state index contributed by atoms with van der Waals surface area (Å²) in [5.74, 6) is 0.0553. The molecule has 0 amide bonds. The highest BCUT2D eigenvalue weighted by Crippen LogP contribution is 2.31. The maximum absolute atomic E-state index is 11.2. The van der Waals surface area contributed by atoms with E-state index in [1.165, 1.54) is 0 Å². The number of hydrogen-bond acceptors (Lipinski definition) is 4. The minimum Gasteiger partial charge on any atom is -0.480 e. The molecular weight excluding hydrogens is 238 g/mol. The molecule has 2 unspecified atom stereocenters. The summed E-state index contributed by atoms with van der Waals surface area (Å²) in [5.41, 5.74) is -0.885. The number of hydrogen-bond donors (Lipinski definition) is 2. The van der Waals surface area contributed by atoms with Gasteiger partial charge in [-0.3, -0.25) is 4.79 Å². The van der Waals surface area contributed by atoms with Crippen molar-refractivity contribution in [3.8, 4) is 0 Å². The second-order valence-corrected chi connectivity index (χ2v) is 5.84. The minimum atomic E-state index is -0.885. The predicted molar refractivity (Wildman–Crippen MR) is 68.5 cm³/mol. The maximum atomic E-state index is 11.2. The summed E-state index contributed by atoms with van der Waals surface area (Å²) in [7, 11) is 1.68. The molecule has 0 spiro atoms. The average molecular weight is 257 g/mol. The van der Waals surface area contributed by atoms with E-state index < -0.39 is 11.5 Å². The Morgan fingerprint density at radius 2 is 2.35 bits per heavy atom. The zero-order valence-electron chi connectivity index (χ0n) is 10.6. The molecule has 96 valence electrons. The van der Waals surface area contributed by atoms with Gasteiger partial charge in [-0.05, 0) is 33.4 Å². The molecule has 5 heteroatoms. The Hall–Kier alpha value is -0.940. The Bertz CT molecular complexity index is 391. The van der Waals surface area contributed by atoms with E-state index in [1.807, 2.05) is 19.9 Å². The first-order valence-corrected chi connectivity index (χ1v) is 6.40. The lowest BCUT2D eigenvalue weighted by Crippen LogP contribution is -2.49. The van der Waals surface area contributed by atoms with Gasteiger partial charge in [0.1, 0.15) is 11.3 Å². The molecule has 0 fully saturated rings. The van der Waals surface area contributed by atoms with Crippen LogP contribution < -0.4 is 5.32 Å². The van der Waals surface area contributed by atoms with Crippen LogP contribution in [0.25, 0.3) is 0 Å². The molecule has 0 aliphatic rings. The van der Waals surface area contributed by atoms with Crippen molar-refractivity contribution in [2.75, 3.05) is 7.05 Å². The number of carbonyl (C=O) groups is 1. The van der Waals surface area contributed by atoms with Crippen molar-refractivity contribution in [1.29, 1.82) is 0 Å². The second-order valence-electron chi connectivity index (χ2n) is 4.36. The fraction of sp³-hybridized carbons (Fsp3) is 0.583. The van der Waals surface area contributed by atoms with Crippen LogP contribution in [-0.2, 0) is 4.79 Å². The third-order valence-corrected chi connectivity index (χ3v) is 4.11. The van der Waals surface area contributed by atoms with Crippen LogP contribution in [0, 0.1) is 6.92 Å². The molecule has 2 N–H and O–H groups in total. The minimum absolute atomic E-state index is 0.194. The van der Waals surface area contributed by atoms with Crippen molar-refractivity contribution >= 4 is 17.7 Å². The predicted octanol–water partition coefficient (Wildman–Crippen LogP) is 2.52. The lowest BCUT2D eigenvalue weighted by Gasteiger charge is -2.27. The number of nitrogens with one attached hydrogen (secondary N) is 1. The molecule has 0 aliphatic carbocycles. The van der Waals surface area contributed by atoms with Gasteiger partial charge in [0.25, 0.3) is 0 Å². The SMILES string of the molecule is CNC(C)(CC(C)Sc1ccoc1C)C(=O)O. The number of likely N-dealkylation sites (N-methyl/N-ethyl adjacent to an activating group) is 1. The monoisotopic (exact) mass is 257 g/mol. The number of rotatable bonds is 6. The summed E-state index contributed by atoms with van der Waals surface area (Å²) in [6, 6.07) is 1.91. The van der Waals surface area contributed by atoms with Crippen LogP contribution in [0.3, 0.4) is 0 Å². The van der Waals surface area contributed by atoms with Gasteiger partial charge in [0.2, 0.25) is 0 Å². The van der Waals surface area contributed by atoms with Crippen LogP contribution in [0.15, 0.2) is 21.6 Å². The maximum Gasteiger partial charge on any atom is 0.323 e. The standard InChI is InChI=1S/C12H19NO3S/c1-8(7-12(3,13-4)11(14)15)17-10-5-6-16-9(10)2/h5-6,8,13H,7H2,1-4H3,(H,14,15). The van der Waals surface area contributed by atoms with Gasteiger partial charge in [-0.15, -0.1) is 11.8 Å². The van der Waals surface area contributed by atoms with Gasteiger partial charge in [-0.25, -0.2) is 0 Å². The Morgan fingerprint density at radius 1 is 1.71 bits per heavy atom. The normalized spacial score (nSPS) is 16.5. The molecule has 17 heavy (non-hydrogen) atoms. The van der Waals surface area contributed by atoms with E-state index in [0.29, 0.717) is 6.42 Å². The molecule has 1 aromatic heterocycles. The molecule has 0 bridgehead atoms. The van der Waals surface area contributed by atoms with Crippen LogP contribution in [0.1, 0.15) is 26.0 Å². The van der Waals surface area contributed by atoms with Crippen molar-refractivity contribution in [3.63, 3.8) is 0 Å². The van der Waals surface area contributed by atoms with E-state index >= 15 is 0 Å². The van der Waals surface area contributed by atoms with Crippen molar-refractivity contribution < 1.29 is 14.3 Å². The third kappa shape index (κ3) is 3.51.